The van der Waals surface area contributed by atoms with E-state index < -0.39 is 11.9 Å². The predicted octanol–water partition coefficient (Wildman–Crippen LogP) is 3.92. The number of halogens is 2. The van der Waals surface area contributed by atoms with Gasteiger partial charge in [0.1, 0.15) is 24.0 Å². The Balaban J connectivity index is 1.69. The van der Waals surface area contributed by atoms with Gasteiger partial charge in [-0.25, -0.2) is 13.9 Å². The molecule has 1 N–H and O–H groups in total. The monoisotopic (exact) mass is 433 g/mol. The van der Waals surface area contributed by atoms with Crippen LogP contribution in [0.25, 0.3) is 16.8 Å². The van der Waals surface area contributed by atoms with Gasteiger partial charge in [-0.2, -0.15) is 10.4 Å². The number of carbonyl (C=O) groups is 1. The lowest BCUT2D eigenvalue weighted by Gasteiger charge is -2.18. The SMILES string of the molecule is N#CCOc1cc(-c2ccc3ncnn3c2)cc2c1C(c1cc(F)ccc1Cl)NC2=O. The smallest absolute Gasteiger partial charge is 0.252 e. The fraction of sp³-hybridized carbons (Fsp3) is 0.0909. The Hall–Kier alpha value is -3.96. The van der Waals surface area contributed by atoms with Crippen molar-refractivity contribution < 1.29 is 13.9 Å². The van der Waals surface area contributed by atoms with Crippen LogP contribution in [0.5, 0.6) is 5.75 Å². The van der Waals surface area contributed by atoms with Crippen molar-refractivity contribution >= 4 is 23.2 Å². The molecule has 9 heteroatoms. The van der Waals surface area contributed by atoms with E-state index in [1.807, 2.05) is 12.1 Å². The number of fused-ring (bicyclic) bond motifs is 2. The second-order valence-corrected chi connectivity index (χ2v) is 7.34. The zero-order valence-corrected chi connectivity index (χ0v) is 16.6. The second kappa shape index (κ2) is 7.38. The van der Waals surface area contributed by atoms with E-state index in [1.165, 1.54) is 24.5 Å². The number of rotatable bonds is 4. The van der Waals surface area contributed by atoms with Gasteiger partial charge in [0.15, 0.2) is 12.3 Å². The van der Waals surface area contributed by atoms with E-state index in [2.05, 4.69) is 15.4 Å². The molecule has 0 saturated heterocycles. The summed E-state index contributed by atoms with van der Waals surface area (Å²) in [7, 11) is 0. The number of carbonyl (C=O) groups excluding carboxylic acids is 1. The standard InChI is InChI=1S/C22H13ClFN5O2/c23-17-3-2-14(24)9-15(17)21-20-16(22(30)28-21)7-13(8-18(20)31-6-5-25)12-1-4-19-26-11-27-29(19)10-12/h1-4,7-11,21H,6H2,(H,28,30). The van der Waals surface area contributed by atoms with E-state index in [-0.39, 0.29) is 12.5 Å². The molecule has 7 nitrogen and oxygen atoms in total. The van der Waals surface area contributed by atoms with Gasteiger partial charge in [-0.3, -0.25) is 4.79 Å². The van der Waals surface area contributed by atoms with Gasteiger partial charge in [0.25, 0.3) is 5.91 Å². The van der Waals surface area contributed by atoms with Gasteiger partial charge < -0.3 is 10.1 Å². The summed E-state index contributed by atoms with van der Waals surface area (Å²) in [4.78, 5) is 17.0. The van der Waals surface area contributed by atoms with Crippen molar-refractivity contribution in [2.45, 2.75) is 6.04 Å². The molecule has 31 heavy (non-hydrogen) atoms. The van der Waals surface area contributed by atoms with Crippen molar-refractivity contribution in [3.05, 3.63) is 82.5 Å². The molecule has 2 aromatic heterocycles. The molecule has 3 heterocycles. The summed E-state index contributed by atoms with van der Waals surface area (Å²) in [6, 6.07) is 12.3. The summed E-state index contributed by atoms with van der Waals surface area (Å²) in [6.45, 7) is -0.213. The van der Waals surface area contributed by atoms with Gasteiger partial charge in [-0.15, -0.1) is 0 Å². The van der Waals surface area contributed by atoms with E-state index in [9.17, 15) is 9.18 Å². The van der Waals surface area contributed by atoms with E-state index >= 15 is 0 Å². The second-order valence-electron chi connectivity index (χ2n) is 6.94. The maximum absolute atomic E-state index is 13.9. The van der Waals surface area contributed by atoms with Crippen molar-refractivity contribution in [3.63, 3.8) is 0 Å². The molecule has 0 spiro atoms. The summed E-state index contributed by atoms with van der Waals surface area (Å²) in [5.74, 6) is -0.471. The Labute approximate surface area is 180 Å². The average Bonchev–Trinajstić information content (AvgIpc) is 3.37. The van der Waals surface area contributed by atoms with Crippen molar-refractivity contribution in [2.24, 2.45) is 0 Å². The van der Waals surface area contributed by atoms with Crippen LogP contribution in [0, 0.1) is 17.1 Å². The summed E-state index contributed by atoms with van der Waals surface area (Å²) in [6.07, 6.45) is 3.23. The van der Waals surface area contributed by atoms with Crippen LogP contribution < -0.4 is 10.1 Å². The molecule has 1 unspecified atom stereocenters. The predicted molar refractivity (Wildman–Crippen MR) is 110 cm³/mol. The van der Waals surface area contributed by atoms with Crippen molar-refractivity contribution in [3.8, 4) is 22.9 Å². The fourth-order valence-corrected chi connectivity index (χ4v) is 3.97. The van der Waals surface area contributed by atoms with Gasteiger partial charge in [-0.05, 0) is 48.0 Å². The van der Waals surface area contributed by atoms with Crippen molar-refractivity contribution in [2.75, 3.05) is 6.61 Å². The number of aromatic nitrogens is 3. The van der Waals surface area contributed by atoms with E-state index in [0.717, 1.165) is 5.56 Å². The maximum atomic E-state index is 13.9. The Morgan fingerprint density at radius 2 is 2.10 bits per heavy atom. The number of benzene rings is 2. The van der Waals surface area contributed by atoms with Crippen LogP contribution in [0.15, 0.2) is 55.0 Å². The van der Waals surface area contributed by atoms with Crippen LogP contribution in [0.4, 0.5) is 4.39 Å². The number of nitrogens with one attached hydrogen (secondary N) is 1. The fourth-order valence-electron chi connectivity index (χ4n) is 3.75. The molecule has 0 bridgehead atoms. The molecule has 1 aliphatic rings. The first-order chi connectivity index (χ1) is 15.0. The third-order valence-electron chi connectivity index (χ3n) is 5.12. The topological polar surface area (TPSA) is 92.3 Å². The van der Waals surface area contributed by atoms with Gasteiger partial charge in [0.05, 0.1) is 6.04 Å². The number of pyridine rings is 1. The van der Waals surface area contributed by atoms with Crippen molar-refractivity contribution in [1.82, 2.24) is 19.9 Å². The Morgan fingerprint density at radius 1 is 1.23 bits per heavy atom. The molecule has 2 aromatic carbocycles. The first kappa shape index (κ1) is 19.0. The van der Waals surface area contributed by atoms with Crippen LogP contribution in [0.1, 0.15) is 27.5 Å². The number of ether oxygens (including phenoxy) is 1. The summed E-state index contributed by atoms with van der Waals surface area (Å²) >= 11 is 6.29. The van der Waals surface area contributed by atoms with E-state index in [1.54, 1.807) is 28.9 Å². The number of nitriles is 1. The number of amides is 1. The van der Waals surface area contributed by atoms with Crippen LogP contribution >= 0.6 is 11.6 Å². The zero-order chi connectivity index (χ0) is 21.5. The average molecular weight is 434 g/mol. The molecule has 5 rings (SSSR count). The molecular weight excluding hydrogens is 421 g/mol. The molecule has 1 amide bonds. The normalized spacial score (nSPS) is 14.9. The molecule has 4 aromatic rings. The lowest BCUT2D eigenvalue weighted by atomic mass is 9.94. The molecule has 152 valence electrons. The molecule has 0 radical (unpaired) electrons. The third-order valence-corrected chi connectivity index (χ3v) is 5.46. The minimum Gasteiger partial charge on any atom is -0.478 e. The lowest BCUT2D eigenvalue weighted by molar-refractivity contribution is 0.0960. The highest BCUT2D eigenvalue weighted by molar-refractivity contribution is 6.31. The minimum atomic E-state index is -0.703. The van der Waals surface area contributed by atoms with E-state index in [0.29, 0.717) is 38.7 Å². The van der Waals surface area contributed by atoms with Crippen LogP contribution in [-0.2, 0) is 0 Å². The zero-order valence-electron chi connectivity index (χ0n) is 15.8. The van der Waals surface area contributed by atoms with Crippen LogP contribution in [-0.4, -0.2) is 27.1 Å². The van der Waals surface area contributed by atoms with Gasteiger partial charge in [-0.1, -0.05) is 11.6 Å². The number of hydrogen-bond donors (Lipinski definition) is 1. The molecular formula is C22H13ClFN5O2. The summed E-state index contributed by atoms with van der Waals surface area (Å²) in [5.41, 5.74) is 3.46. The van der Waals surface area contributed by atoms with Gasteiger partial charge in [0.2, 0.25) is 0 Å². The largest absolute Gasteiger partial charge is 0.478 e. The first-order valence-electron chi connectivity index (χ1n) is 9.28. The molecule has 0 saturated carbocycles. The molecule has 1 aliphatic heterocycles. The highest BCUT2D eigenvalue weighted by atomic mass is 35.5. The van der Waals surface area contributed by atoms with Crippen LogP contribution in [0.2, 0.25) is 5.02 Å². The Bertz CT molecular complexity index is 1390. The third kappa shape index (κ3) is 3.25. The molecule has 0 aliphatic carbocycles. The number of hydrogen-bond acceptors (Lipinski definition) is 5. The Kier molecular flexibility index (Phi) is 4.53. The van der Waals surface area contributed by atoms with Gasteiger partial charge >= 0.3 is 0 Å². The highest BCUT2D eigenvalue weighted by Crippen LogP contribution is 2.42. The highest BCUT2D eigenvalue weighted by Gasteiger charge is 2.35. The maximum Gasteiger partial charge on any atom is 0.252 e. The van der Waals surface area contributed by atoms with Crippen molar-refractivity contribution in [1.29, 1.82) is 5.26 Å². The molecule has 0 fully saturated rings. The molecule has 1 atom stereocenters. The van der Waals surface area contributed by atoms with Crippen LogP contribution in [0.3, 0.4) is 0 Å². The quantitative estimate of drug-likeness (QED) is 0.526. The lowest BCUT2D eigenvalue weighted by Crippen LogP contribution is -2.20. The summed E-state index contributed by atoms with van der Waals surface area (Å²) in [5, 5.41) is 16.3. The van der Waals surface area contributed by atoms with Gasteiger partial charge in [0, 0.05) is 33.5 Å². The van der Waals surface area contributed by atoms with E-state index in [4.69, 9.17) is 21.6 Å². The number of nitrogens with zero attached hydrogens (tertiary/aromatic N) is 4. The minimum absolute atomic E-state index is 0.213. The first-order valence-corrected chi connectivity index (χ1v) is 9.66. The summed E-state index contributed by atoms with van der Waals surface area (Å²) < 4.78 is 21.2. The Morgan fingerprint density at radius 3 is 2.94 bits per heavy atom.